The van der Waals surface area contributed by atoms with E-state index >= 15 is 0 Å². The van der Waals surface area contributed by atoms with E-state index in [0.29, 0.717) is 77.3 Å². The van der Waals surface area contributed by atoms with E-state index in [9.17, 15) is 28.8 Å². The number of aromatic nitrogens is 3. The van der Waals surface area contributed by atoms with Crippen LogP contribution in [0.2, 0.25) is 0 Å². The van der Waals surface area contributed by atoms with Gasteiger partial charge in [0.1, 0.15) is 5.82 Å². The van der Waals surface area contributed by atoms with Gasteiger partial charge in [-0.2, -0.15) is 0 Å². The lowest BCUT2D eigenvalue weighted by Gasteiger charge is -2.38. The Morgan fingerprint density at radius 1 is 0.690 bits per heavy atom. The van der Waals surface area contributed by atoms with E-state index in [1.165, 1.54) is 12.2 Å². The zero-order chi connectivity index (χ0) is 50.3. The van der Waals surface area contributed by atoms with Gasteiger partial charge in [0.05, 0.1) is 25.1 Å². The third kappa shape index (κ3) is 12.3. The summed E-state index contributed by atoms with van der Waals surface area (Å²) in [6.07, 6.45) is 7.39. The highest BCUT2D eigenvalue weighted by Gasteiger charge is 2.33. The average Bonchev–Trinajstić information content (AvgIpc) is 3.80. The number of amides is 4. The molecule has 0 radical (unpaired) electrons. The lowest BCUT2D eigenvalue weighted by molar-refractivity contribution is -0.134. The Hall–Kier alpha value is -6.17. The molecule has 6 aromatic rings. The van der Waals surface area contributed by atoms with Crippen LogP contribution in [0.25, 0.3) is 21.8 Å². The predicted octanol–water partition coefficient (Wildman–Crippen LogP) is 8.30. The number of pyridine rings is 1. The number of ketones is 2. The molecule has 3 fully saturated rings. The molecule has 0 atom stereocenters. The molecule has 0 bridgehead atoms. The van der Waals surface area contributed by atoms with Crippen molar-refractivity contribution in [2.24, 2.45) is 11.8 Å². The van der Waals surface area contributed by atoms with Gasteiger partial charge >= 0.3 is 0 Å². The molecule has 1 N–H and O–H groups in total. The van der Waals surface area contributed by atoms with Crippen molar-refractivity contribution < 1.29 is 28.8 Å². The summed E-state index contributed by atoms with van der Waals surface area (Å²) in [5.74, 6) is 1.21. The summed E-state index contributed by atoms with van der Waals surface area (Å²) >= 11 is 10.5. The number of carbonyl (C=O) groups excluding carboxylic acids is 6. The monoisotopic (exact) mass is 1150 g/mol. The molecule has 3 aromatic carbocycles. The molecule has 368 valence electrons. The van der Waals surface area contributed by atoms with Crippen molar-refractivity contribution in [1.29, 1.82) is 0 Å². The summed E-state index contributed by atoms with van der Waals surface area (Å²) in [5.41, 5.74) is 5.18. The van der Waals surface area contributed by atoms with Gasteiger partial charge in [-0.05, 0) is 94.7 Å². The molecule has 0 spiro atoms. The van der Waals surface area contributed by atoms with Crippen LogP contribution in [0, 0.1) is 18.8 Å². The maximum Gasteiger partial charge on any atom is 0.256 e. The molecule has 6 heterocycles. The predicted molar refractivity (Wildman–Crippen MR) is 286 cm³/mol. The number of nitrogens with one attached hydrogen (secondary N) is 1. The second-order valence-electron chi connectivity index (χ2n) is 18.3. The van der Waals surface area contributed by atoms with Crippen LogP contribution in [-0.4, -0.2) is 116 Å². The maximum atomic E-state index is 13.8. The Balaban J connectivity index is 0.000000192. The summed E-state index contributed by atoms with van der Waals surface area (Å²) in [5, 5.41) is 4.77. The highest BCUT2D eigenvalue weighted by molar-refractivity contribution is 9.11. The minimum absolute atomic E-state index is 0.0159. The summed E-state index contributed by atoms with van der Waals surface area (Å²) in [4.78, 5) is 87.4. The number of likely N-dealkylation sites (tertiary alicyclic amines) is 2. The van der Waals surface area contributed by atoms with Gasteiger partial charge in [0.2, 0.25) is 17.7 Å². The van der Waals surface area contributed by atoms with Crippen LogP contribution < -0.4 is 10.2 Å². The lowest BCUT2D eigenvalue weighted by atomic mass is 9.94. The summed E-state index contributed by atoms with van der Waals surface area (Å²) < 4.78 is 6.63. The van der Waals surface area contributed by atoms with Crippen molar-refractivity contribution in [2.75, 3.05) is 57.3 Å². The second kappa shape index (κ2) is 22.9. The molecule has 0 unspecified atom stereocenters. The van der Waals surface area contributed by atoms with Crippen LogP contribution in [0.3, 0.4) is 0 Å². The Bertz CT molecular complexity index is 3000. The van der Waals surface area contributed by atoms with E-state index < -0.39 is 0 Å². The number of Topliss-reactive ketones (excluding diaryl/α,β-unsaturated/α-hetero) is 2. The van der Waals surface area contributed by atoms with Gasteiger partial charge in [-0.1, -0.05) is 75.3 Å². The van der Waals surface area contributed by atoms with Crippen LogP contribution in [0.1, 0.15) is 40.0 Å². The van der Waals surface area contributed by atoms with Crippen LogP contribution in [-0.2, 0) is 50.0 Å². The van der Waals surface area contributed by atoms with Gasteiger partial charge in [0.15, 0.2) is 11.6 Å². The Morgan fingerprint density at radius 2 is 1.27 bits per heavy atom. The van der Waals surface area contributed by atoms with Crippen molar-refractivity contribution in [1.82, 2.24) is 34.1 Å². The minimum Gasteiger partial charge on any atom is -0.353 e. The van der Waals surface area contributed by atoms with Crippen LogP contribution in [0.4, 0.5) is 5.82 Å². The molecule has 14 nitrogen and oxygen atoms in total. The van der Waals surface area contributed by atoms with Crippen molar-refractivity contribution >= 4 is 111 Å². The molecule has 71 heavy (non-hydrogen) atoms. The average molecular weight is 1150 g/mol. The molecule has 9 rings (SSSR count). The van der Waals surface area contributed by atoms with Crippen molar-refractivity contribution in [3.05, 3.63) is 152 Å². The summed E-state index contributed by atoms with van der Waals surface area (Å²) in [6.45, 7) is 14.8. The number of carbonyl (C=O) groups is 6. The quantitative estimate of drug-likeness (QED) is 0.0952. The zero-order valence-electron chi connectivity index (χ0n) is 39.5. The number of anilines is 1. The molecule has 0 aliphatic carbocycles. The first kappa shape index (κ1) is 51.2. The fourth-order valence-corrected chi connectivity index (χ4v) is 10.5. The smallest absolute Gasteiger partial charge is 0.256 e. The van der Waals surface area contributed by atoms with E-state index in [1.54, 1.807) is 16.0 Å². The normalized spacial score (nSPS) is 14.9. The Morgan fingerprint density at radius 3 is 1.86 bits per heavy atom. The molecular weight excluding hydrogens is 1100 g/mol. The van der Waals surface area contributed by atoms with E-state index in [-0.39, 0.29) is 66.5 Å². The largest absolute Gasteiger partial charge is 0.353 e. The number of piperazine rings is 1. The fourth-order valence-electron chi connectivity index (χ4n) is 9.58. The Labute approximate surface area is 438 Å². The van der Waals surface area contributed by atoms with Crippen molar-refractivity contribution in [2.45, 2.75) is 45.8 Å². The van der Waals surface area contributed by atoms with E-state index in [4.69, 9.17) is 0 Å². The van der Waals surface area contributed by atoms with E-state index in [1.807, 2.05) is 106 Å². The molecule has 3 aliphatic rings. The molecule has 0 saturated carbocycles. The van der Waals surface area contributed by atoms with E-state index in [0.717, 1.165) is 57.9 Å². The van der Waals surface area contributed by atoms with Crippen LogP contribution >= 0.6 is 47.8 Å². The van der Waals surface area contributed by atoms with Crippen molar-refractivity contribution in [3.63, 3.8) is 0 Å². The topological polar surface area (TPSA) is 150 Å². The summed E-state index contributed by atoms with van der Waals surface area (Å²) in [7, 11) is 0. The number of fused-ring (bicyclic) bond motifs is 2. The number of hydrogen-bond acceptors (Lipinski definition) is 8. The lowest BCUT2D eigenvalue weighted by Crippen LogP contribution is -2.50. The van der Waals surface area contributed by atoms with Gasteiger partial charge in [-0.15, -0.1) is 0 Å². The van der Waals surface area contributed by atoms with Crippen molar-refractivity contribution in [3.8, 4) is 0 Å². The molecule has 17 heteroatoms. The van der Waals surface area contributed by atoms with Gasteiger partial charge in [-0.3, -0.25) is 28.8 Å². The first-order valence-electron chi connectivity index (χ1n) is 23.6. The Kier molecular flexibility index (Phi) is 16.5. The number of halogens is 3. The van der Waals surface area contributed by atoms with Gasteiger partial charge in [0, 0.05) is 137 Å². The van der Waals surface area contributed by atoms with Crippen LogP contribution in [0.15, 0.2) is 130 Å². The van der Waals surface area contributed by atoms with Gasteiger partial charge in [-0.25, -0.2) is 4.98 Å². The zero-order valence-corrected chi connectivity index (χ0v) is 44.3. The van der Waals surface area contributed by atoms with E-state index in [2.05, 4.69) is 76.1 Å². The second-order valence-corrected chi connectivity index (χ2v) is 21.1. The number of rotatable bonds is 16. The first-order chi connectivity index (χ1) is 34.2. The highest BCUT2D eigenvalue weighted by atomic mass is 79.9. The molecular formula is C54H55Br3N8O6. The summed E-state index contributed by atoms with van der Waals surface area (Å²) in [6, 6.07) is 25.5. The van der Waals surface area contributed by atoms with Crippen LogP contribution in [0.5, 0.6) is 0 Å². The molecule has 4 amide bonds. The fraction of sp³-hybridized carbons (Fsp3) is 0.315. The number of hydrogen-bond donors (Lipinski definition) is 1. The third-order valence-corrected chi connectivity index (χ3v) is 14.8. The number of benzene rings is 3. The van der Waals surface area contributed by atoms with Gasteiger partial charge in [0.25, 0.3) is 5.91 Å². The standard InChI is InChI=1S/C28H29Br2N5O3.C26H26BrN3O3/c1-3-26(37)34-15-19(16-34)12-22(36)17-35-18(2)27(23-13-20(29)4-6-24(23)35)28(38)33-10-8-32(9-11-33)25-7-5-21(30)14-31-25;1-2-26(33)30-14-19(15-30)10-22(31)17-29-16-20(23-12-21(27)8-9-24(23)29)11-25(32)28-13-18-6-4-3-5-7-18/h3-7,13-14,19H,1,8-12,15-17H2,2H3;2-9,12,16,19H,1,10-11,13-15,17H2,(H,28,32). The molecule has 3 aromatic heterocycles. The SMILES string of the molecule is C=CC(=O)N1CC(CC(=O)Cn2c(C)c(C(=O)N3CCN(c4ccc(Br)cn4)CC3)c3cc(Br)ccc32)C1.C=CC(=O)N1CC(CC(=O)Cn2cc(CC(=O)NCc3ccccc3)c3cc(Br)ccc32)C1. The minimum atomic E-state index is -0.0939. The molecule has 3 aliphatic heterocycles. The van der Waals surface area contributed by atoms with Gasteiger partial charge < -0.3 is 34.1 Å². The third-order valence-electron chi connectivity index (χ3n) is 13.3. The maximum absolute atomic E-state index is 13.8. The highest BCUT2D eigenvalue weighted by Crippen LogP contribution is 2.32. The molecule has 3 saturated heterocycles. The first-order valence-corrected chi connectivity index (χ1v) is 25.9. The number of nitrogens with zero attached hydrogens (tertiary/aromatic N) is 7.